The molecule has 5 rings (SSSR count). The first-order valence-electron chi connectivity index (χ1n) is 11.4. The van der Waals surface area contributed by atoms with E-state index in [9.17, 15) is 15.2 Å². The number of pyridine rings is 1. The molecule has 0 unspecified atom stereocenters. The van der Waals surface area contributed by atoms with Crippen LogP contribution < -0.4 is 9.79 Å². The van der Waals surface area contributed by atoms with Crippen molar-refractivity contribution in [3.05, 3.63) is 108 Å². The van der Waals surface area contributed by atoms with Gasteiger partial charge in [0.2, 0.25) is 11.5 Å². The number of hydrogen-bond donors (Lipinski definition) is 0. The number of carbonyl (C=O) groups excluding carboxylic acids is 1. The Labute approximate surface area is 217 Å². The summed E-state index contributed by atoms with van der Waals surface area (Å²) in [7, 11) is 0. The first kappa shape index (κ1) is 24.0. The van der Waals surface area contributed by atoms with Crippen LogP contribution in [0.25, 0.3) is 28.1 Å². The van der Waals surface area contributed by atoms with Gasteiger partial charge >= 0.3 is 5.69 Å². The fourth-order valence-electron chi connectivity index (χ4n) is 3.88. The number of ketones is 1. The van der Waals surface area contributed by atoms with Crippen LogP contribution in [0.1, 0.15) is 21.6 Å². The number of aromatic nitrogens is 3. The zero-order chi connectivity index (χ0) is 25.8. The molecule has 3 aromatic carbocycles. The van der Waals surface area contributed by atoms with Crippen LogP contribution in [0.2, 0.25) is 0 Å². The highest BCUT2D eigenvalue weighted by atomic mass is 32.2. The first-order chi connectivity index (χ1) is 18.0. The van der Waals surface area contributed by atoms with Crippen LogP contribution in [-0.4, -0.2) is 21.8 Å². The summed E-state index contributed by atoms with van der Waals surface area (Å²) in [4.78, 5) is 17.9. The average Bonchev–Trinajstić information content (AvgIpc) is 3.34. The molecule has 0 bridgehead atoms. The first-order valence-corrected chi connectivity index (χ1v) is 12.4. The van der Waals surface area contributed by atoms with Crippen molar-refractivity contribution >= 4 is 17.5 Å². The lowest BCUT2D eigenvalue weighted by Gasteiger charge is -2.12. The molecule has 0 amide bonds. The van der Waals surface area contributed by atoms with E-state index < -0.39 is 11.7 Å². The molecule has 0 N–H and O–H groups in total. The lowest BCUT2D eigenvalue weighted by Crippen LogP contribution is -2.39. The standard InChI is InChI=1S/C29H20N4O3S/c1-19-12-14-20(15-13-19)23-16-25(21-8-4-2-5-9-21)31-28(24(23)17-30)37-18-26(34)27-29(35)36-32-33(27)22-10-6-3-7-11-22/h2-16H,18H2,1H3. The van der Waals surface area contributed by atoms with E-state index in [0.717, 1.165) is 34.0 Å². The second kappa shape index (κ2) is 10.5. The van der Waals surface area contributed by atoms with Crippen molar-refractivity contribution in [2.45, 2.75) is 11.9 Å². The highest BCUT2D eigenvalue weighted by Gasteiger charge is 2.28. The van der Waals surface area contributed by atoms with Crippen molar-refractivity contribution in [2.75, 3.05) is 5.75 Å². The van der Waals surface area contributed by atoms with Gasteiger partial charge in [-0.1, -0.05) is 90.1 Å². The minimum absolute atomic E-state index is 0.128. The van der Waals surface area contributed by atoms with Crippen molar-refractivity contribution in [3.8, 4) is 40.1 Å². The van der Waals surface area contributed by atoms with E-state index in [2.05, 4.69) is 11.3 Å². The van der Waals surface area contributed by atoms with Crippen molar-refractivity contribution in [2.24, 2.45) is 0 Å². The lowest BCUT2D eigenvalue weighted by atomic mass is 9.98. The summed E-state index contributed by atoms with van der Waals surface area (Å²) in [6.45, 7) is 2.00. The third-order valence-corrected chi connectivity index (χ3v) is 6.72. The van der Waals surface area contributed by atoms with Gasteiger partial charge < -0.3 is 9.63 Å². The second-order valence-electron chi connectivity index (χ2n) is 8.25. The molecule has 2 heterocycles. The number of thioether (sulfide) groups is 1. The van der Waals surface area contributed by atoms with Gasteiger partial charge in [0.05, 0.1) is 22.3 Å². The zero-order valence-corrected chi connectivity index (χ0v) is 20.6. The molecule has 0 saturated heterocycles. The quantitative estimate of drug-likeness (QED) is 0.176. The van der Waals surface area contributed by atoms with Crippen LogP contribution in [0.5, 0.6) is 5.95 Å². The minimum atomic E-state index is -0.818. The van der Waals surface area contributed by atoms with Crippen molar-refractivity contribution in [3.63, 3.8) is 0 Å². The normalized spacial score (nSPS) is 10.7. The van der Waals surface area contributed by atoms with Crippen LogP contribution in [0.15, 0.2) is 101 Å². The Morgan fingerprint density at radius 3 is 2.35 bits per heavy atom. The molecule has 0 fully saturated rings. The Morgan fingerprint density at radius 1 is 1.00 bits per heavy atom. The van der Waals surface area contributed by atoms with E-state index in [1.54, 1.807) is 24.3 Å². The SMILES string of the molecule is Cc1ccc(-c2cc(-c3ccccc3)nc(SCC(=O)c3c([O-])on[n+]3-c3ccccc3)c2C#N)cc1. The Balaban J connectivity index is 1.53. The number of aryl methyl sites for hydroxylation is 1. The Bertz CT molecular complexity index is 1610. The third-order valence-electron chi connectivity index (χ3n) is 5.75. The monoisotopic (exact) mass is 504 g/mol. The molecular formula is C29H20N4O3S. The molecule has 0 aliphatic carbocycles. The summed E-state index contributed by atoms with van der Waals surface area (Å²) >= 11 is 1.11. The van der Waals surface area contributed by atoms with E-state index in [1.807, 2.05) is 73.7 Å². The van der Waals surface area contributed by atoms with E-state index in [1.165, 1.54) is 4.68 Å². The van der Waals surface area contributed by atoms with E-state index in [4.69, 9.17) is 9.51 Å². The molecule has 37 heavy (non-hydrogen) atoms. The summed E-state index contributed by atoms with van der Waals surface area (Å²) in [6, 6.07) is 30.5. The van der Waals surface area contributed by atoms with E-state index in [-0.39, 0.29) is 11.4 Å². The molecule has 5 aromatic rings. The number of para-hydroxylation sites is 1. The molecule has 0 spiro atoms. The van der Waals surface area contributed by atoms with Crippen molar-refractivity contribution in [1.82, 2.24) is 10.3 Å². The molecule has 180 valence electrons. The van der Waals surface area contributed by atoms with Gasteiger partial charge in [0.1, 0.15) is 11.1 Å². The fourth-order valence-corrected chi connectivity index (χ4v) is 4.75. The van der Waals surface area contributed by atoms with Crippen LogP contribution in [0, 0.1) is 18.3 Å². The number of nitriles is 1. The molecule has 0 radical (unpaired) electrons. The van der Waals surface area contributed by atoms with Crippen molar-refractivity contribution < 1.29 is 19.1 Å². The maximum absolute atomic E-state index is 13.2. The highest BCUT2D eigenvalue weighted by Crippen LogP contribution is 2.34. The van der Waals surface area contributed by atoms with Gasteiger partial charge in [0.25, 0.3) is 0 Å². The van der Waals surface area contributed by atoms with Crippen LogP contribution in [0.3, 0.4) is 0 Å². The summed E-state index contributed by atoms with van der Waals surface area (Å²) in [5.41, 5.74) is 4.98. The zero-order valence-electron chi connectivity index (χ0n) is 19.8. The maximum atomic E-state index is 13.2. The molecular weight excluding hydrogens is 484 g/mol. The van der Waals surface area contributed by atoms with Crippen LogP contribution >= 0.6 is 11.8 Å². The molecule has 0 aliphatic rings. The Kier molecular flexibility index (Phi) is 6.79. The smallest absolute Gasteiger partial charge is 0.307 e. The summed E-state index contributed by atoms with van der Waals surface area (Å²) < 4.78 is 5.99. The maximum Gasteiger partial charge on any atom is 0.307 e. The number of rotatable bonds is 7. The number of nitrogens with zero attached hydrogens (tertiary/aromatic N) is 4. The van der Waals surface area contributed by atoms with Gasteiger partial charge in [-0.3, -0.25) is 4.79 Å². The molecule has 0 aliphatic heterocycles. The predicted molar refractivity (Wildman–Crippen MR) is 137 cm³/mol. The summed E-state index contributed by atoms with van der Waals surface area (Å²) in [6.07, 6.45) is 0. The van der Waals surface area contributed by atoms with Gasteiger partial charge in [-0.2, -0.15) is 5.26 Å². The third kappa shape index (κ3) is 4.99. The minimum Gasteiger partial charge on any atom is -0.539 e. The van der Waals surface area contributed by atoms with Crippen LogP contribution in [-0.2, 0) is 0 Å². The summed E-state index contributed by atoms with van der Waals surface area (Å²) in [5.74, 6) is -1.43. The number of carbonyl (C=O) groups is 1. The van der Waals surface area contributed by atoms with Gasteiger partial charge in [-0.15, -0.1) is 0 Å². The molecule has 8 heteroatoms. The molecule has 2 aromatic heterocycles. The fraction of sp³-hybridized carbons (Fsp3) is 0.0690. The topological polar surface area (TPSA) is 107 Å². The van der Waals surface area contributed by atoms with Crippen molar-refractivity contribution in [1.29, 1.82) is 5.26 Å². The lowest BCUT2D eigenvalue weighted by molar-refractivity contribution is -0.672. The number of hydrogen-bond acceptors (Lipinski definition) is 7. The van der Waals surface area contributed by atoms with Gasteiger partial charge in [-0.25, -0.2) is 4.98 Å². The van der Waals surface area contributed by atoms with Gasteiger partial charge in [-0.05, 0) is 23.2 Å². The molecule has 7 nitrogen and oxygen atoms in total. The molecule has 0 saturated carbocycles. The van der Waals surface area contributed by atoms with Gasteiger partial charge in [0, 0.05) is 23.3 Å². The Morgan fingerprint density at radius 2 is 1.68 bits per heavy atom. The van der Waals surface area contributed by atoms with E-state index in [0.29, 0.717) is 22.0 Å². The second-order valence-corrected chi connectivity index (χ2v) is 9.21. The largest absolute Gasteiger partial charge is 0.539 e. The van der Waals surface area contributed by atoms with E-state index >= 15 is 0 Å². The molecule has 0 atom stereocenters. The highest BCUT2D eigenvalue weighted by molar-refractivity contribution is 8.00. The summed E-state index contributed by atoms with van der Waals surface area (Å²) in [5, 5.41) is 26.6. The number of benzene rings is 3. The van der Waals surface area contributed by atoms with Gasteiger partial charge in [0.15, 0.2) is 5.95 Å². The number of Topliss-reactive ketones (excluding diaryl/α,β-unsaturated/α-hetero) is 1. The predicted octanol–water partition coefficient (Wildman–Crippen LogP) is 4.91. The van der Waals surface area contributed by atoms with Crippen LogP contribution in [0.4, 0.5) is 0 Å². The average molecular weight is 505 g/mol. The Hall–Kier alpha value is -4.74.